The highest BCUT2D eigenvalue weighted by Gasteiger charge is 2.24. The summed E-state index contributed by atoms with van der Waals surface area (Å²) in [7, 11) is 0. The van der Waals surface area contributed by atoms with E-state index in [0.29, 0.717) is 34.4 Å². The van der Waals surface area contributed by atoms with Crippen molar-refractivity contribution in [2.24, 2.45) is 0 Å². The van der Waals surface area contributed by atoms with Gasteiger partial charge in [0, 0.05) is 37.4 Å². The first-order valence-electron chi connectivity index (χ1n) is 10.9. The van der Waals surface area contributed by atoms with E-state index in [1.54, 1.807) is 34.1 Å². The second-order valence-electron chi connectivity index (χ2n) is 7.85. The molecule has 0 N–H and O–H groups in total. The van der Waals surface area contributed by atoms with E-state index in [-0.39, 0.29) is 11.8 Å². The van der Waals surface area contributed by atoms with Gasteiger partial charge in [0.25, 0.3) is 0 Å². The quantitative estimate of drug-likeness (QED) is 0.297. The third-order valence-electron chi connectivity index (χ3n) is 5.47. The highest BCUT2D eigenvalue weighted by molar-refractivity contribution is 6.00. The molecule has 34 heavy (non-hydrogen) atoms. The van der Waals surface area contributed by atoms with Gasteiger partial charge >= 0.3 is 0 Å². The number of fused-ring (bicyclic) bond motifs is 2. The third kappa shape index (κ3) is 3.97. The Kier molecular flexibility index (Phi) is 5.47. The normalized spacial score (nSPS) is 11.4. The molecule has 6 heteroatoms. The lowest BCUT2D eigenvalue weighted by Gasteiger charge is -2.27. The number of carbonyl (C=O) groups is 2. The van der Waals surface area contributed by atoms with Crippen LogP contribution in [0.3, 0.4) is 0 Å². The average Bonchev–Trinajstić information content (AvgIpc) is 2.84. The van der Waals surface area contributed by atoms with Gasteiger partial charge in [0.1, 0.15) is 0 Å². The first-order chi connectivity index (χ1) is 16.5. The van der Waals surface area contributed by atoms with E-state index < -0.39 is 0 Å². The van der Waals surface area contributed by atoms with Crippen LogP contribution in [-0.2, 0) is 9.59 Å². The molecule has 0 saturated heterocycles. The monoisotopic (exact) mass is 450 g/mol. The van der Waals surface area contributed by atoms with Crippen LogP contribution in [0.2, 0.25) is 0 Å². The molecule has 4 aromatic rings. The summed E-state index contributed by atoms with van der Waals surface area (Å²) >= 11 is 0. The number of ether oxygens (including phenoxy) is 2. The molecule has 0 aromatic heterocycles. The number of hydrogen-bond donors (Lipinski definition) is 0. The summed E-state index contributed by atoms with van der Waals surface area (Å²) < 4.78 is 12.2. The highest BCUT2D eigenvalue weighted by atomic mass is 16.6. The number of nitrogens with zero attached hydrogens (tertiary/aromatic N) is 2. The summed E-state index contributed by atoms with van der Waals surface area (Å²) in [6.07, 6.45) is 0. The van der Waals surface area contributed by atoms with Gasteiger partial charge in [0.2, 0.25) is 11.8 Å². The Morgan fingerprint density at radius 2 is 0.882 bits per heavy atom. The van der Waals surface area contributed by atoms with Gasteiger partial charge in [-0.3, -0.25) is 19.4 Å². The lowest BCUT2D eigenvalue weighted by Crippen LogP contribution is -2.23. The number of para-hydroxylation sites is 2. The van der Waals surface area contributed by atoms with Crippen molar-refractivity contribution < 1.29 is 19.1 Å². The van der Waals surface area contributed by atoms with Gasteiger partial charge < -0.3 is 9.47 Å². The Bertz CT molecular complexity index is 1260. The zero-order valence-electron chi connectivity index (χ0n) is 18.8. The van der Waals surface area contributed by atoms with Crippen molar-refractivity contribution in [3.8, 4) is 23.0 Å². The van der Waals surface area contributed by atoms with E-state index >= 15 is 0 Å². The summed E-state index contributed by atoms with van der Waals surface area (Å²) in [5.41, 5.74) is 2.88. The molecular formula is C28H22N2O4. The summed E-state index contributed by atoms with van der Waals surface area (Å²) in [6, 6.07) is 29.6. The zero-order valence-corrected chi connectivity index (χ0v) is 18.8. The van der Waals surface area contributed by atoms with Crippen LogP contribution in [-0.4, -0.2) is 11.8 Å². The number of benzene rings is 4. The molecule has 0 aliphatic carbocycles. The summed E-state index contributed by atoms with van der Waals surface area (Å²) in [4.78, 5) is 28.0. The Hall–Kier alpha value is -4.58. The molecule has 4 aromatic carbocycles. The minimum atomic E-state index is -0.113. The van der Waals surface area contributed by atoms with Gasteiger partial charge in [-0.2, -0.15) is 0 Å². The molecule has 0 spiro atoms. The van der Waals surface area contributed by atoms with Crippen molar-refractivity contribution in [3.05, 3.63) is 97.1 Å². The first kappa shape index (κ1) is 21.3. The minimum absolute atomic E-state index is 0.113. The van der Waals surface area contributed by atoms with Gasteiger partial charge in [0.15, 0.2) is 23.0 Å². The summed E-state index contributed by atoms with van der Waals surface area (Å²) in [6.45, 7) is 3.04. The van der Waals surface area contributed by atoms with E-state index in [1.807, 2.05) is 72.8 Å². The highest BCUT2D eigenvalue weighted by Crippen LogP contribution is 2.48. The zero-order chi connectivity index (χ0) is 23.7. The minimum Gasteiger partial charge on any atom is -0.449 e. The van der Waals surface area contributed by atoms with Crippen molar-refractivity contribution in [1.29, 1.82) is 0 Å². The van der Waals surface area contributed by atoms with Crippen molar-refractivity contribution >= 4 is 34.6 Å². The maximum Gasteiger partial charge on any atom is 0.228 e. The number of carbonyl (C=O) groups excluding carboxylic acids is 2. The Morgan fingerprint density at radius 3 is 1.24 bits per heavy atom. The SMILES string of the molecule is CC(=O)N(c1ccccc1)c1ccc2c(c1)Oc1ccc(N(C(C)=O)c3ccccc3)cc1O2. The molecule has 0 atom stereocenters. The fourth-order valence-electron chi connectivity index (χ4n) is 4.02. The number of rotatable bonds is 4. The molecule has 1 aliphatic heterocycles. The predicted molar refractivity (Wildman–Crippen MR) is 132 cm³/mol. The second-order valence-corrected chi connectivity index (χ2v) is 7.85. The molecule has 0 saturated carbocycles. The molecule has 0 bridgehead atoms. The second kappa shape index (κ2) is 8.75. The molecule has 0 radical (unpaired) electrons. The van der Waals surface area contributed by atoms with Gasteiger partial charge in [-0.25, -0.2) is 0 Å². The van der Waals surface area contributed by atoms with Crippen LogP contribution >= 0.6 is 0 Å². The van der Waals surface area contributed by atoms with Crippen LogP contribution in [0.1, 0.15) is 13.8 Å². The maximum atomic E-state index is 12.4. The van der Waals surface area contributed by atoms with Crippen LogP contribution in [0.4, 0.5) is 22.7 Å². The molecule has 5 rings (SSSR count). The summed E-state index contributed by atoms with van der Waals surface area (Å²) in [5, 5.41) is 0. The van der Waals surface area contributed by atoms with Crippen LogP contribution in [0.5, 0.6) is 23.0 Å². The maximum absolute atomic E-state index is 12.4. The molecule has 1 heterocycles. The molecule has 0 fully saturated rings. The lowest BCUT2D eigenvalue weighted by atomic mass is 10.2. The van der Waals surface area contributed by atoms with E-state index in [1.165, 1.54) is 13.8 Å². The van der Waals surface area contributed by atoms with Crippen molar-refractivity contribution in [3.63, 3.8) is 0 Å². The fraction of sp³-hybridized carbons (Fsp3) is 0.0714. The Balaban J connectivity index is 1.47. The van der Waals surface area contributed by atoms with Gasteiger partial charge in [-0.15, -0.1) is 0 Å². The van der Waals surface area contributed by atoms with E-state index in [0.717, 1.165) is 11.4 Å². The number of anilines is 4. The fourth-order valence-corrected chi connectivity index (χ4v) is 4.02. The molecule has 168 valence electrons. The largest absolute Gasteiger partial charge is 0.449 e. The molecule has 6 nitrogen and oxygen atoms in total. The van der Waals surface area contributed by atoms with Gasteiger partial charge in [0.05, 0.1) is 11.4 Å². The van der Waals surface area contributed by atoms with E-state index in [4.69, 9.17) is 9.47 Å². The molecular weight excluding hydrogens is 428 g/mol. The van der Waals surface area contributed by atoms with E-state index in [9.17, 15) is 9.59 Å². The van der Waals surface area contributed by atoms with Crippen molar-refractivity contribution in [1.82, 2.24) is 0 Å². The number of amides is 2. The molecule has 2 amide bonds. The Labute approximate surface area is 197 Å². The van der Waals surface area contributed by atoms with Crippen LogP contribution in [0.15, 0.2) is 97.1 Å². The average molecular weight is 450 g/mol. The van der Waals surface area contributed by atoms with Crippen LogP contribution < -0.4 is 19.3 Å². The summed E-state index contributed by atoms with van der Waals surface area (Å²) in [5.74, 6) is 1.84. The van der Waals surface area contributed by atoms with Gasteiger partial charge in [-0.1, -0.05) is 36.4 Å². The predicted octanol–water partition coefficient (Wildman–Crippen LogP) is 6.95. The van der Waals surface area contributed by atoms with Crippen molar-refractivity contribution in [2.45, 2.75) is 13.8 Å². The Morgan fingerprint density at radius 1 is 0.500 bits per heavy atom. The van der Waals surface area contributed by atoms with Gasteiger partial charge in [-0.05, 0) is 48.5 Å². The topological polar surface area (TPSA) is 59.1 Å². The van der Waals surface area contributed by atoms with Crippen LogP contribution in [0, 0.1) is 0 Å². The van der Waals surface area contributed by atoms with E-state index in [2.05, 4.69) is 0 Å². The smallest absolute Gasteiger partial charge is 0.228 e. The first-order valence-corrected chi connectivity index (χ1v) is 10.9. The van der Waals surface area contributed by atoms with Crippen LogP contribution in [0.25, 0.3) is 0 Å². The molecule has 0 unspecified atom stereocenters. The standard InChI is InChI=1S/C28H22N2O4/c1-19(31)29(21-9-5-3-6-10-21)23-13-15-25-27(17-23)33-26-16-14-24(18-28(26)34-25)30(20(2)32)22-11-7-4-8-12-22/h3-18H,1-2H3. The number of hydrogen-bond acceptors (Lipinski definition) is 4. The lowest BCUT2D eigenvalue weighted by molar-refractivity contribution is -0.116. The van der Waals surface area contributed by atoms with Crippen molar-refractivity contribution in [2.75, 3.05) is 9.80 Å². The molecule has 1 aliphatic rings. The third-order valence-corrected chi connectivity index (χ3v) is 5.47.